The van der Waals surface area contributed by atoms with Crippen LogP contribution in [-0.2, 0) is 0 Å². The van der Waals surface area contributed by atoms with E-state index in [9.17, 15) is 0 Å². The minimum absolute atomic E-state index is 0.854. The molecule has 0 spiro atoms. The maximum Gasteiger partial charge on any atom is 0.0376 e. The van der Waals surface area contributed by atoms with Gasteiger partial charge in [-0.25, -0.2) is 5.43 Å². The van der Waals surface area contributed by atoms with Crippen molar-refractivity contribution in [3.63, 3.8) is 0 Å². The van der Waals surface area contributed by atoms with Crippen molar-refractivity contribution in [2.75, 3.05) is 20.6 Å². The Bertz CT molecular complexity index is 271. The van der Waals surface area contributed by atoms with E-state index in [4.69, 9.17) is 6.42 Å². The lowest BCUT2D eigenvalue weighted by molar-refractivity contribution is 0.508. The molecule has 0 amide bonds. The van der Waals surface area contributed by atoms with E-state index in [1.165, 1.54) is 5.70 Å². The maximum atomic E-state index is 5.01. The Morgan fingerprint density at radius 2 is 2.13 bits per heavy atom. The van der Waals surface area contributed by atoms with Gasteiger partial charge in [0, 0.05) is 50.7 Å². The zero-order valence-corrected chi connectivity index (χ0v) is 9.96. The van der Waals surface area contributed by atoms with E-state index in [-0.39, 0.29) is 0 Å². The third-order valence-electron chi connectivity index (χ3n) is 1.96. The number of rotatable bonds is 6. The predicted molar refractivity (Wildman–Crippen MR) is 65.1 cm³/mol. The van der Waals surface area contributed by atoms with Crippen molar-refractivity contribution < 1.29 is 0 Å². The van der Waals surface area contributed by atoms with Crippen LogP contribution in [0.1, 0.15) is 20.3 Å². The molecule has 0 bridgehead atoms. The molecule has 84 valence electrons. The van der Waals surface area contributed by atoms with Crippen LogP contribution in [0.4, 0.5) is 0 Å². The first-order valence-corrected chi connectivity index (χ1v) is 4.89. The Morgan fingerprint density at radius 1 is 1.47 bits per heavy atom. The van der Waals surface area contributed by atoms with Crippen molar-refractivity contribution in [2.45, 2.75) is 20.3 Å². The summed E-state index contributed by atoms with van der Waals surface area (Å²) in [5.74, 6) is 0. The Hall–Kier alpha value is -1.63. The zero-order chi connectivity index (χ0) is 11.7. The molecule has 0 heterocycles. The van der Waals surface area contributed by atoms with Crippen LogP contribution in [0.15, 0.2) is 17.0 Å². The second-order valence-electron chi connectivity index (χ2n) is 3.49. The van der Waals surface area contributed by atoms with Crippen molar-refractivity contribution in [2.24, 2.45) is 5.10 Å². The van der Waals surface area contributed by atoms with Crippen LogP contribution in [0.25, 0.3) is 0 Å². The molecular formula is C11H20N4. The number of hydrogen-bond acceptors (Lipinski definition) is 4. The monoisotopic (exact) mass is 208 g/mol. The SMILES string of the molecule is C#CN/N=C(/C)CCN/C=C(/C)N(C)C. The van der Waals surface area contributed by atoms with Gasteiger partial charge < -0.3 is 10.2 Å². The van der Waals surface area contributed by atoms with Gasteiger partial charge in [0.05, 0.1) is 0 Å². The molecule has 0 fully saturated rings. The summed E-state index contributed by atoms with van der Waals surface area (Å²) < 4.78 is 0. The molecule has 0 aliphatic carbocycles. The average Bonchev–Trinajstić information content (AvgIpc) is 2.20. The van der Waals surface area contributed by atoms with E-state index >= 15 is 0 Å². The zero-order valence-electron chi connectivity index (χ0n) is 9.96. The first kappa shape index (κ1) is 13.4. The molecule has 0 saturated heterocycles. The van der Waals surface area contributed by atoms with E-state index in [0.717, 1.165) is 18.7 Å². The van der Waals surface area contributed by atoms with Gasteiger partial charge in [0.15, 0.2) is 0 Å². The normalized spacial score (nSPS) is 11.9. The van der Waals surface area contributed by atoms with Crippen molar-refractivity contribution >= 4 is 5.71 Å². The molecule has 0 aliphatic heterocycles. The van der Waals surface area contributed by atoms with Gasteiger partial charge in [0.25, 0.3) is 0 Å². The van der Waals surface area contributed by atoms with Gasteiger partial charge in [-0.15, -0.1) is 0 Å². The topological polar surface area (TPSA) is 39.7 Å². The molecule has 0 radical (unpaired) electrons. The van der Waals surface area contributed by atoms with Gasteiger partial charge in [0.2, 0.25) is 0 Å². The number of terminal acetylenes is 1. The Labute approximate surface area is 92.4 Å². The van der Waals surface area contributed by atoms with Gasteiger partial charge in [0.1, 0.15) is 0 Å². The number of nitrogens with zero attached hydrogens (tertiary/aromatic N) is 2. The quantitative estimate of drug-likeness (QED) is 0.224. The summed E-state index contributed by atoms with van der Waals surface area (Å²) in [5.41, 5.74) is 4.65. The molecule has 0 aromatic carbocycles. The summed E-state index contributed by atoms with van der Waals surface area (Å²) in [6.07, 6.45) is 7.86. The fourth-order valence-electron chi connectivity index (χ4n) is 0.786. The molecule has 0 aliphatic rings. The highest BCUT2D eigenvalue weighted by Crippen LogP contribution is 1.92. The molecule has 0 unspecified atom stereocenters. The molecular weight excluding hydrogens is 188 g/mol. The van der Waals surface area contributed by atoms with Gasteiger partial charge in [-0.1, -0.05) is 6.42 Å². The molecule has 0 rings (SSSR count). The summed E-state index contributed by atoms with van der Waals surface area (Å²) in [6, 6.07) is 2.25. The van der Waals surface area contributed by atoms with Crippen LogP contribution in [0.5, 0.6) is 0 Å². The fraction of sp³-hybridized carbons (Fsp3) is 0.545. The average molecular weight is 208 g/mol. The third-order valence-corrected chi connectivity index (χ3v) is 1.96. The van der Waals surface area contributed by atoms with Gasteiger partial charge in [-0.3, -0.25) is 0 Å². The molecule has 4 nitrogen and oxygen atoms in total. The van der Waals surface area contributed by atoms with E-state index in [1.54, 1.807) is 0 Å². The van der Waals surface area contributed by atoms with Gasteiger partial charge in [-0.05, 0) is 13.8 Å². The Balaban J connectivity index is 3.72. The van der Waals surface area contributed by atoms with E-state index < -0.39 is 0 Å². The van der Waals surface area contributed by atoms with Gasteiger partial charge >= 0.3 is 0 Å². The lowest BCUT2D eigenvalue weighted by Gasteiger charge is -2.12. The molecule has 0 aromatic heterocycles. The Kier molecular flexibility index (Phi) is 6.90. The lowest BCUT2D eigenvalue weighted by atomic mass is 10.3. The fourth-order valence-corrected chi connectivity index (χ4v) is 0.786. The van der Waals surface area contributed by atoms with E-state index in [1.807, 2.05) is 39.0 Å². The standard InChI is InChI=1S/C11H20N4/c1-6-13-14-10(2)7-8-12-9-11(3)15(4)5/h1,9,12-13H,7-8H2,2-5H3/b11-9-,14-10-. The highest BCUT2D eigenvalue weighted by Gasteiger charge is 1.92. The third kappa shape index (κ3) is 7.44. The van der Waals surface area contributed by atoms with Crippen LogP contribution in [0, 0.1) is 12.5 Å². The number of nitrogens with one attached hydrogen (secondary N) is 2. The molecule has 2 N–H and O–H groups in total. The van der Waals surface area contributed by atoms with E-state index in [0.29, 0.717) is 0 Å². The highest BCUT2D eigenvalue weighted by molar-refractivity contribution is 5.81. The van der Waals surface area contributed by atoms with Crippen molar-refractivity contribution in [3.05, 3.63) is 11.9 Å². The second kappa shape index (κ2) is 7.74. The summed E-state index contributed by atoms with van der Waals surface area (Å²) in [7, 11) is 4.02. The lowest BCUT2D eigenvalue weighted by Crippen LogP contribution is -2.16. The summed E-state index contributed by atoms with van der Waals surface area (Å²) in [5, 5.41) is 7.16. The molecule has 0 atom stereocenters. The molecule has 4 heteroatoms. The van der Waals surface area contributed by atoms with E-state index in [2.05, 4.69) is 21.9 Å². The second-order valence-corrected chi connectivity index (χ2v) is 3.49. The van der Waals surface area contributed by atoms with Crippen LogP contribution in [0.2, 0.25) is 0 Å². The first-order chi connectivity index (χ1) is 7.07. The largest absolute Gasteiger partial charge is 0.389 e. The van der Waals surface area contributed by atoms with Crippen LogP contribution >= 0.6 is 0 Å². The summed E-state index contributed by atoms with van der Waals surface area (Å²) in [4.78, 5) is 2.05. The molecule has 0 saturated carbocycles. The van der Waals surface area contributed by atoms with Crippen LogP contribution in [-0.4, -0.2) is 31.3 Å². The minimum Gasteiger partial charge on any atom is -0.389 e. The van der Waals surface area contributed by atoms with Crippen LogP contribution in [0.3, 0.4) is 0 Å². The molecule has 15 heavy (non-hydrogen) atoms. The molecule has 0 aromatic rings. The predicted octanol–water partition coefficient (Wildman–Crippen LogP) is 0.945. The van der Waals surface area contributed by atoms with Gasteiger partial charge in [-0.2, -0.15) is 5.10 Å². The number of allylic oxidation sites excluding steroid dienone is 1. The van der Waals surface area contributed by atoms with Crippen molar-refractivity contribution in [3.8, 4) is 12.5 Å². The van der Waals surface area contributed by atoms with Crippen molar-refractivity contribution in [1.29, 1.82) is 0 Å². The summed E-state index contributed by atoms with van der Waals surface area (Å²) >= 11 is 0. The smallest absolute Gasteiger partial charge is 0.0376 e. The minimum atomic E-state index is 0.854. The summed E-state index contributed by atoms with van der Waals surface area (Å²) in [6.45, 7) is 4.84. The number of hydrogen-bond donors (Lipinski definition) is 2. The van der Waals surface area contributed by atoms with Crippen LogP contribution < -0.4 is 10.7 Å². The Morgan fingerprint density at radius 3 is 2.67 bits per heavy atom. The van der Waals surface area contributed by atoms with Crippen molar-refractivity contribution in [1.82, 2.24) is 15.6 Å². The maximum absolute atomic E-state index is 5.01. The highest BCUT2D eigenvalue weighted by atomic mass is 15.3. The number of hydrazone groups is 1. The first-order valence-electron chi connectivity index (χ1n) is 4.89.